The zero-order chi connectivity index (χ0) is 16.8. The number of sulfonamides is 1. The monoisotopic (exact) mass is 352 g/mol. The van der Waals surface area contributed by atoms with Crippen LogP contribution in [0, 0.1) is 10.1 Å². The summed E-state index contributed by atoms with van der Waals surface area (Å²) in [5, 5.41) is 10.9. The van der Waals surface area contributed by atoms with Crippen molar-refractivity contribution in [3.05, 3.63) is 63.2 Å². The quantitative estimate of drug-likeness (QED) is 0.626. The topological polar surface area (TPSA) is 80.5 Å². The Morgan fingerprint density at radius 1 is 1.26 bits per heavy atom. The van der Waals surface area contributed by atoms with Crippen molar-refractivity contribution in [2.75, 3.05) is 4.31 Å². The number of halogens is 1. The van der Waals surface area contributed by atoms with Gasteiger partial charge in [0.25, 0.3) is 15.7 Å². The Morgan fingerprint density at radius 3 is 2.65 bits per heavy atom. The molecule has 120 valence electrons. The van der Waals surface area contributed by atoms with E-state index in [1.165, 1.54) is 16.4 Å². The van der Waals surface area contributed by atoms with Crippen LogP contribution in [0.1, 0.15) is 12.5 Å². The second-order valence-electron chi connectivity index (χ2n) is 5.35. The Kier molecular flexibility index (Phi) is 3.77. The first-order valence-corrected chi connectivity index (χ1v) is 8.70. The lowest BCUT2D eigenvalue weighted by Crippen LogP contribution is -2.35. The molecule has 0 bridgehead atoms. The van der Waals surface area contributed by atoms with E-state index in [0.717, 1.165) is 11.6 Å². The third-order valence-corrected chi connectivity index (χ3v) is 6.22. The number of anilines is 1. The van der Waals surface area contributed by atoms with E-state index in [-0.39, 0.29) is 21.6 Å². The first kappa shape index (κ1) is 15.8. The van der Waals surface area contributed by atoms with Gasteiger partial charge in [-0.15, -0.1) is 0 Å². The van der Waals surface area contributed by atoms with Gasteiger partial charge in [-0.2, -0.15) is 0 Å². The third kappa shape index (κ3) is 2.55. The Labute approximate surface area is 138 Å². The summed E-state index contributed by atoms with van der Waals surface area (Å²) < 4.78 is 27.3. The lowest BCUT2D eigenvalue weighted by atomic mass is 10.1. The average molecular weight is 353 g/mol. The Balaban J connectivity index is 2.17. The molecule has 0 aromatic heterocycles. The number of rotatable bonds is 3. The fourth-order valence-corrected chi connectivity index (χ4v) is 5.00. The molecule has 0 spiro atoms. The molecule has 0 fully saturated rings. The molecular weight excluding hydrogens is 340 g/mol. The van der Waals surface area contributed by atoms with Crippen LogP contribution in [0.3, 0.4) is 0 Å². The first-order chi connectivity index (χ1) is 10.8. The number of fused-ring (bicyclic) bond motifs is 1. The number of hydrogen-bond donors (Lipinski definition) is 0. The van der Waals surface area contributed by atoms with E-state index in [4.69, 9.17) is 11.6 Å². The van der Waals surface area contributed by atoms with Crippen molar-refractivity contribution in [2.24, 2.45) is 0 Å². The Morgan fingerprint density at radius 2 is 1.96 bits per heavy atom. The highest BCUT2D eigenvalue weighted by molar-refractivity contribution is 7.93. The van der Waals surface area contributed by atoms with Crippen LogP contribution in [-0.4, -0.2) is 19.4 Å². The summed E-state index contributed by atoms with van der Waals surface area (Å²) in [6.45, 7) is 1.79. The fraction of sp³-hybridized carbons (Fsp3) is 0.200. The van der Waals surface area contributed by atoms with Gasteiger partial charge >= 0.3 is 0 Å². The van der Waals surface area contributed by atoms with Gasteiger partial charge in [0.1, 0.15) is 4.90 Å². The molecule has 23 heavy (non-hydrogen) atoms. The van der Waals surface area contributed by atoms with Gasteiger partial charge in [-0.05, 0) is 31.0 Å². The van der Waals surface area contributed by atoms with E-state index >= 15 is 0 Å². The van der Waals surface area contributed by atoms with Crippen molar-refractivity contribution < 1.29 is 13.3 Å². The van der Waals surface area contributed by atoms with Crippen LogP contribution < -0.4 is 4.31 Å². The van der Waals surface area contributed by atoms with Crippen molar-refractivity contribution in [1.82, 2.24) is 0 Å². The molecule has 0 aliphatic carbocycles. The lowest BCUT2D eigenvalue weighted by molar-refractivity contribution is -0.385. The molecule has 1 heterocycles. The summed E-state index contributed by atoms with van der Waals surface area (Å²) in [5.41, 5.74) is 1.20. The van der Waals surface area contributed by atoms with Crippen LogP contribution in [0.2, 0.25) is 5.02 Å². The van der Waals surface area contributed by atoms with Crippen molar-refractivity contribution in [3.63, 3.8) is 0 Å². The molecule has 0 saturated carbocycles. The number of benzene rings is 2. The maximum absolute atomic E-state index is 13.0. The summed E-state index contributed by atoms with van der Waals surface area (Å²) in [7, 11) is -3.99. The molecule has 0 N–H and O–H groups in total. The SMILES string of the molecule is C[C@H]1Cc2ccccc2N1S(=O)(=O)c1cc([N+](=O)[O-])ccc1Cl. The summed E-state index contributed by atoms with van der Waals surface area (Å²) >= 11 is 6.01. The maximum Gasteiger partial charge on any atom is 0.270 e. The third-order valence-electron chi connectivity index (χ3n) is 3.81. The lowest BCUT2D eigenvalue weighted by Gasteiger charge is -2.24. The van der Waals surface area contributed by atoms with Crippen molar-refractivity contribution >= 4 is 33.0 Å². The van der Waals surface area contributed by atoms with Gasteiger partial charge in [-0.3, -0.25) is 14.4 Å². The van der Waals surface area contributed by atoms with Crippen molar-refractivity contribution in [3.8, 4) is 0 Å². The van der Waals surface area contributed by atoms with Crippen LogP contribution >= 0.6 is 11.6 Å². The van der Waals surface area contributed by atoms with E-state index < -0.39 is 14.9 Å². The number of hydrogen-bond acceptors (Lipinski definition) is 4. The number of para-hydroxylation sites is 1. The number of nitrogens with zero attached hydrogens (tertiary/aromatic N) is 2. The molecule has 2 aromatic rings. The van der Waals surface area contributed by atoms with Crippen LogP contribution in [-0.2, 0) is 16.4 Å². The normalized spacial score (nSPS) is 17.1. The van der Waals surface area contributed by atoms with Gasteiger partial charge in [0.2, 0.25) is 0 Å². The molecular formula is C15H13ClN2O4S. The summed E-state index contributed by atoms with van der Waals surface area (Å²) in [6.07, 6.45) is 0.585. The van der Waals surface area contributed by atoms with E-state index in [0.29, 0.717) is 12.1 Å². The predicted octanol–water partition coefficient (Wildman–Crippen LogP) is 3.39. The molecule has 0 saturated heterocycles. The van der Waals surface area contributed by atoms with Crippen LogP contribution in [0.4, 0.5) is 11.4 Å². The number of non-ortho nitro benzene ring substituents is 1. The largest absolute Gasteiger partial charge is 0.270 e. The van der Waals surface area contributed by atoms with Gasteiger partial charge in [0.15, 0.2) is 0 Å². The predicted molar refractivity (Wildman–Crippen MR) is 87.4 cm³/mol. The molecule has 3 rings (SSSR count). The second-order valence-corrected chi connectivity index (χ2v) is 7.55. The maximum atomic E-state index is 13.0. The first-order valence-electron chi connectivity index (χ1n) is 6.88. The molecule has 8 heteroatoms. The zero-order valence-corrected chi connectivity index (χ0v) is 13.7. The van der Waals surface area contributed by atoms with Gasteiger partial charge < -0.3 is 0 Å². The van der Waals surface area contributed by atoms with Crippen molar-refractivity contribution in [2.45, 2.75) is 24.3 Å². The zero-order valence-electron chi connectivity index (χ0n) is 12.1. The van der Waals surface area contributed by atoms with E-state index in [2.05, 4.69) is 0 Å². The van der Waals surface area contributed by atoms with Gasteiger partial charge in [-0.1, -0.05) is 29.8 Å². The minimum absolute atomic E-state index is 0.0350. The highest BCUT2D eigenvalue weighted by Crippen LogP contribution is 2.38. The number of nitro benzene ring substituents is 1. The Bertz CT molecular complexity index is 898. The van der Waals surface area contributed by atoms with Gasteiger partial charge in [0, 0.05) is 18.2 Å². The summed E-state index contributed by atoms with van der Waals surface area (Å²) in [5.74, 6) is 0. The fourth-order valence-electron chi connectivity index (χ4n) is 2.81. The molecule has 1 aliphatic rings. The molecule has 2 aromatic carbocycles. The molecule has 1 atom stereocenters. The molecule has 6 nitrogen and oxygen atoms in total. The van der Waals surface area contributed by atoms with Crippen LogP contribution in [0.15, 0.2) is 47.4 Å². The summed E-state index contributed by atoms with van der Waals surface area (Å²) in [4.78, 5) is 10.0. The Hall–Kier alpha value is -2.12. The minimum Gasteiger partial charge on any atom is -0.263 e. The van der Waals surface area contributed by atoms with Gasteiger partial charge in [-0.25, -0.2) is 8.42 Å². The summed E-state index contributed by atoms with van der Waals surface area (Å²) in [6, 6.07) is 10.3. The minimum atomic E-state index is -3.99. The number of nitro groups is 1. The van der Waals surface area contributed by atoms with E-state index in [1.54, 1.807) is 19.1 Å². The average Bonchev–Trinajstić information content (AvgIpc) is 2.83. The van der Waals surface area contributed by atoms with E-state index in [9.17, 15) is 18.5 Å². The molecule has 1 aliphatic heterocycles. The molecule has 0 amide bonds. The standard InChI is InChI=1S/C15H13ClN2O4S/c1-10-8-11-4-2-3-5-14(11)17(10)23(21,22)15-9-12(18(19)20)6-7-13(15)16/h2-7,9-10H,8H2,1H3/t10-/m0/s1. The molecule has 0 radical (unpaired) electrons. The highest BCUT2D eigenvalue weighted by Gasteiger charge is 2.37. The van der Waals surface area contributed by atoms with Crippen LogP contribution in [0.5, 0.6) is 0 Å². The highest BCUT2D eigenvalue weighted by atomic mass is 35.5. The second kappa shape index (κ2) is 5.50. The van der Waals surface area contributed by atoms with E-state index in [1.807, 2.05) is 12.1 Å². The van der Waals surface area contributed by atoms with Crippen molar-refractivity contribution in [1.29, 1.82) is 0 Å². The van der Waals surface area contributed by atoms with Gasteiger partial charge in [0.05, 0.1) is 15.6 Å². The molecule has 0 unspecified atom stereocenters. The van der Waals surface area contributed by atoms with Crippen LogP contribution in [0.25, 0.3) is 0 Å². The smallest absolute Gasteiger partial charge is 0.263 e.